The van der Waals surface area contributed by atoms with Gasteiger partial charge >= 0.3 is 0 Å². The summed E-state index contributed by atoms with van der Waals surface area (Å²) >= 11 is 5.94. The van der Waals surface area contributed by atoms with Gasteiger partial charge in [-0.3, -0.25) is 0 Å². The maximum absolute atomic E-state index is 5.94. The average Bonchev–Trinajstić information content (AvgIpc) is 2.10. The lowest BCUT2D eigenvalue weighted by Crippen LogP contribution is -2.10. The van der Waals surface area contributed by atoms with Gasteiger partial charge in [0.2, 0.25) is 0 Å². The normalized spacial score (nSPS) is 9.77. The Bertz CT molecular complexity index is 278. The molecule has 0 bridgehead atoms. The SMILES string of the molecule is CCOc1ccc(NCN)cc1Cl. The average molecular weight is 201 g/mol. The molecule has 0 saturated heterocycles. The summed E-state index contributed by atoms with van der Waals surface area (Å²) in [4.78, 5) is 0. The third-order valence-electron chi connectivity index (χ3n) is 1.54. The van der Waals surface area contributed by atoms with Gasteiger partial charge in [-0.1, -0.05) is 11.6 Å². The predicted octanol–water partition coefficient (Wildman–Crippen LogP) is 2.07. The molecule has 1 rings (SSSR count). The van der Waals surface area contributed by atoms with Gasteiger partial charge in [0, 0.05) is 5.69 Å². The highest BCUT2D eigenvalue weighted by Crippen LogP contribution is 2.27. The van der Waals surface area contributed by atoms with Gasteiger partial charge in [-0.15, -0.1) is 0 Å². The van der Waals surface area contributed by atoms with Crippen LogP contribution in [0, 0.1) is 0 Å². The Morgan fingerprint density at radius 2 is 2.31 bits per heavy atom. The molecule has 0 amide bonds. The van der Waals surface area contributed by atoms with Crippen LogP contribution >= 0.6 is 11.6 Å². The van der Waals surface area contributed by atoms with Crippen molar-refractivity contribution in [1.29, 1.82) is 0 Å². The fraction of sp³-hybridized carbons (Fsp3) is 0.333. The molecule has 0 aliphatic heterocycles. The monoisotopic (exact) mass is 200 g/mol. The summed E-state index contributed by atoms with van der Waals surface area (Å²) in [6.07, 6.45) is 0. The number of halogens is 1. The molecule has 0 saturated carbocycles. The molecule has 0 heterocycles. The number of anilines is 1. The number of hydrogen-bond acceptors (Lipinski definition) is 3. The number of ether oxygens (including phenoxy) is 1. The Kier molecular flexibility index (Phi) is 3.86. The topological polar surface area (TPSA) is 47.3 Å². The van der Waals surface area contributed by atoms with Gasteiger partial charge in [0.25, 0.3) is 0 Å². The first-order valence-corrected chi connectivity index (χ1v) is 4.52. The van der Waals surface area contributed by atoms with Crippen LogP contribution in [0.15, 0.2) is 18.2 Å². The lowest BCUT2D eigenvalue weighted by Gasteiger charge is -2.08. The molecule has 0 unspecified atom stereocenters. The van der Waals surface area contributed by atoms with Crippen molar-refractivity contribution in [3.05, 3.63) is 23.2 Å². The number of rotatable bonds is 4. The number of nitrogens with two attached hydrogens (primary N) is 1. The lowest BCUT2D eigenvalue weighted by molar-refractivity contribution is 0.340. The molecule has 13 heavy (non-hydrogen) atoms. The molecular formula is C9H13ClN2O. The Morgan fingerprint density at radius 3 is 2.85 bits per heavy atom. The Hall–Kier alpha value is -0.930. The summed E-state index contributed by atoms with van der Waals surface area (Å²) in [5, 5.41) is 3.55. The summed E-state index contributed by atoms with van der Waals surface area (Å²) in [7, 11) is 0. The second-order valence-corrected chi connectivity index (χ2v) is 2.87. The van der Waals surface area contributed by atoms with Crippen molar-refractivity contribution in [2.45, 2.75) is 6.92 Å². The zero-order valence-electron chi connectivity index (χ0n) is 7.51. The molecule has 72 valence electrons. The third kappa shape index (κ3) is 2.79. The molecule has 0 fully saturated rings. The molecule has 0 aromatic heterocycles. The lowest BCUT2D eigenvalue weighted by atomic mass is 10.3. The first-order chi connectivity index (χ1) is 6.27. The summed E-state index contributed by atoms with van der Waals surface area (Å²) in [5.41, 5.74) is 6.22. The minimum atomic E-state index is 0.393. The predicted molar refractivity (Wildman–Crippen MR) is 55.3 cm³/mol. The van der Waals surface area contributed by atoms with E-state index in [0.717, 1.165) is 5.69 Å². The van der Waals surface area contributed by atoms with Crippen LogP contribution in [-0.4, -0.2) is 13.3 Å². The summed E-state index contributed by atoms with van der Waals surface area (Å²) in [5.74, 6) is 0.701. The molecule has 4 heteroatoms. The molecule has 0 atom stereocenters. The van der Waals surface area contributed by atoms with Gasteiger partial charge < -0.3 is 15.8 Å². The van der Waals surface area contributed by atoms with E-state index in [0.29, 0.717) is 24.0 Å². The molecule has 3 N–H and O–H groups in total. The van der Waals surface area contributed by atoms with Gasteiger partial charge in [-0.05, 0) is 25.1 Å². The van der Waals surface area contributed by atoms with Crippen LogP contribution in [0.25, 0.3) is 0 Å². The largest absolute Gasteiger partial charge is 0.492 e. The first-order valence-electron chi connectivity index (χ1n) is 4.14. The Labute approximate surface area is 82.8 Å². The zero-order chi connectivity index (χ0) is 9.68. The quantitative estimate of drug-likeness (QED) is 0.732. The summed E-state index contributed by atoms with van der Waals surface area (Å²) < 4.78 is 5.28. The van der Waals surface area contributed by atoms with E-state index in [-0.39, 0.29) is 0 Å². The van der Waals surface area contributed by atoms with Gasteiger partial charge in [0.15, 0.2) is 0 Å². The van der Waals surface area contributed by atoms with E-state index in [1.807, 2.05) is 19.1 Å². The van der Waals surface area contributed by atoms with Crippen molar-refractivity contribution in [3.8, 4) is 5.75 Å². The molecule has 0 aliphatic carbocycles. The number of nitrogens with one attached hydrogen (secondary N) is 1. The van der Waals surface area contributed by atoms with E-state index in [2.05, 4.69) is 5.32 Å². The van der Waals surface area contributed by atoms with Gasteiger partial charge in [0.1, 0.15) is 5.75 Å². The zero-order valence-corrected chi connectivity index (χ0v) is 8.27. The highest BCUT2D eigenvalue weighted by Gasteiger charge is 2.00. The molecule has 0 spiro atoms. The first kappa shape index (κ1) is 10.2. The molecular weight excluding hydrogens is 188 g/mol. The van der Waals surface area contributed by atoms with Gasteiger partial charge in [-0.2, -0.15) is 0 Å². The maximum atomic E-state index is 5.94. The number of benzene rings is 1. The summed E-state index contributed by atoms with van der Waals surface area (Å²) in [6.45, 7) is 2.93. The molecule has 1 aromatic rings. The summed E-state index contributed by atoms with van der Waals surface area (Å²) in [6, 6.07) is 5.49. The highest BCUT2D eigenvalue weighted by molar-refractivity contribution is 6.32. The van der Waals surface area contributed by atoms with Crippen LogP contribution < -0.4 is 15.8 Å². The number of hydrogen-bond donors (Lipinski definition) is 2. The van der Waals surface area contributed by atoms with Gasteiger partial charge in [-0.25, -0.2) is 0 Å². The van der Waals surface area contributed by atoms with E-state index in [9.17, 15) is 0 Å². The molecule has 3 nitrogen and oxygen atoms in total. The van der Waals surface area contributed by atoms with Gasteiger partial charge in [0.05, 0.1) is 18.3 Å². The second-order valence-electron chi connectivity index (χ2n) is 2.46. The third-order valence-corrected chi connectivity index (χ3v) is 1.83. The smallest absolute Gasteiger partial charge is 0.138 e. The van der Waals surface area contributed by atoms with Crippen LogP contribution in [0.5, 0.6) is 5.75 Å². The molecule has 1 aromatic carbocycles. The minimum absolute atomic E-state index is 0.393. The fourth-order valence-corrected chi connectivity index (χ4v) is 1.24. The van der Waals surface area contributed by atoms with E-state index >= 15 is 0 Å². The van der Waals surface area contributed by atoms with Crippen molar-refractivity contribution >= 4 is 17.3 Å². The fourth-order valence-electron chi connectivity index (χ4n) is 1.00. The highest BCUT2D eigenvalue weighted by atomic mass is 35.5. The van der Waals surface area contributed by atoms with Crippen molar-refractivity contribution < 1.29 is 4.74 Å². The maximum Gasteiger partial charge on any atom is 0.138 e. The van der Waals surface area contributed by atoms with E-state index < -0.39 is 0 Å². The Balaban J connectivity index is 2.79. The van der Waals surface area contributed by atoms with E-state index in [4.69, 9.17) is 22.1 Å². The Morgan fingerprint density at radius 1 is 1.54 bits per heavy atom. The molecule has 0 aliphatic rings. The van der Waals surface area contributed by atoms with Crippen LogP contribution in [0.2, 0.25) is 5.02 Å². The second kappa shape index (κ2) is 4.94. The van der Waals surface area contributed by atoms with Crippen molar-refractivity contribution in [2.75, 3.05) is 18.6 Å². The van der Waals surface area contributed by atoms with Crippen molar-refractivity contribution in [1.82, 2.24) is 0 Å². The van der Waals surface area contributed by atoms with Crippen LogP contribution in [0.4, 0.5) is 5.69 Å². The van der Waals surface area contributed by atoms with Crippen LogP contribution in [0.3, 0.4) is 0 Å². The molecule has 0 radical (unpaired) electrons. The van der Waals surface area contributed by atoms with Crippen LogP contribution in [0.1, 0.15) is 6.92 Å². The standard InChI is InChI=1S/C9H13ClN2O/c1-2-13-9-4-3-7(12-6-11)5-8(9)10/h3-5,12H,2,6,11H2,1H3. The van der Waals surface area contributed by atoms with E-state index in [1.54, 1.807) is 6.07 Å². The van der Waals surface area contributed by atoms with Crippen molar-refractivity contribution in [3.63, 3.8) is 0 Å². The van der Waals surface area contributed by atoms with Crippen molar-refractivity contribution in [2.24, 2.45) is 5.73 Å². The van der Waals surface area contributed by atoms with E-state index in [1.165, 1.54) is 0 Å². The van der Waals surface area contributed by atoms with Crippen LogP contribution in [-0.2, 0) is 0 Å². The minimum Gasteiger partial charge on any atom is -0.492 e.